The average Bonchev–Trinajstić information content (AvgIpc) is 2.70. The van der Waals surface area contributed by atoms with Crippen molar-refractivity contribution in [2.45, 2.75) is 26.4 Å². The summed E-state index contributed by atoms with van der Waals surface area (Å²) in [6.07, 6.45) is 3.97. The second-order valence-electron chi connectivity index (χ2n) is 5.07. The number of hydrogen-bond donors (Lipinski definition) is 1. The molecule has 1 amide bonds. The minimum absolute atomic E-state index is 0.0453. The van der Waals surface area contributed by atoms with Gasteiger partial charge in [-0.05, 0) is 20.8 Å². The van der Waals surface area contributed by atoms with E-state index in [1.807, 2.05) is 0 Å². The van der Waals surface area contributed by atoms with Gasteiger partial charge in [0.2, 0.25) is 0 Å². The number of hydrogen-bond acceptors (Lipinski definition) is 5. The van der Waals surface area contributed by atoms with Crippen LogP contribution in [0.25, 0.3) is 6.08 Å². The van der Waals surface area contributed by atoms with Gasteiger partial charge in [-0.1, -0.05) is 0 Å². The highest BCUT2D eigenvalue weighted by molar-refractivity contribution is 5.96. The van der Waals surface area contributed by atoms with Crippen molar-refractivity contribution in [2.75, 3.05) is 7.11 Å². The van der Waals surface area contributed by atoms with Crippen LogP contribution in [0.5, 0.6) is 0 Å². The first kappa shape index (κ1) is 15.7. The molecule has 0 bridgehead atoms. The molecule has 0 aliphatic carbocycles. The lowest BCUT2D eigenvalue weighted by molar-refractivity contribution is -0.136. The fraction of sp³-hybridized carbons (Fsp3) is 0.462. The maximum atomic E-state index is 11.7. The van der Waals surface area contributed by atoms with Crippen molar-refractivity contribution in [3.8, 4) is 0 Å². The number of carbonyl (C=O) groups is 2. The predicted octanol–water partition coefficient (Wildman–Crippen LogP) is 1.46. The van der Waals surface area contributed by atoms with Gasteiger partial charge in [0.1, 0.15) is 17.1 Å². The van der Waals surface area contributed by atoms with E-state index in [1.165, 1.54) is 13.2 Å². The third kappa shape index (κ3) is 4.75. The molecule has 7 heteroatoms. The van der Waals surface area contributed by atoms with Gasteiger partial charge in [-0.25, -0.2) is 14.6 Å². The highest BCUT2D eigenvalue weighted by Gasteiger charge is 2.20. The van der Waals surface area contributed by atoms with E-state index in [9.17, 15) is 9.59 Å². The molecule has 1 heterocycles. The van der Waals surface area contributed by atoms with Crippen LogP contribution in [-0.4, -0.2) is 34.3 Å². The highest BCUT2D eigenvalue weighted by Crippen LogP contribution is 2.09. The molecule has 20 heavy (non-hydrogen) atoms. The Labute approximate surface area is 117 Å². The predicted molar refractivity (Wildman–Crippen MR) is 72.6 cm³/mol. The van der Waals surface area contributed by atoms with Crippen LogP contribution in [0, 0.1) is 0 Å². The quantitative estimate of drug-likeness (QED) is 0.670. The number of ether oxygens (including phenoxy) is 2. The molecule has 0 aliphatic heterocycles. The molecule has 0 atom stereocenters. The van der Waals surface area contributed by atoms with Crippen LogP contribution >= 0.6 is 0 Å². The third-order valence-electron chi connectivity index (χ3n) is 2.17. The maximum absolute atomic E-state index is 11.7. The van der Waals surface area contributed by atoms with Gasteiger partial charge >= 0.3 is 12.1 Å². The van der Waals surface area contributed by atoms with E-state index >= 15 is 0 Å². The van der Waals surface area contributed by atoms with E-state index in [0.29, 0.717) is 5.82 Å². The summed E-state index contributed by atoms with van der Waals surface area (Å²) in [5, 5.41) is 2.36. The van der Waals surface area contributed by atoms with Crippen molar-refractivity contribution in [1.29, 1.82) is 0 Å². The van der Waals surface area contributed by atoms with E-state index in [2.05, 4.69) is 15.0 Å². The lowest BCUT2D eigenvalue weighted by atomic mass is 10.2. The molecule has 110 valence electrons. The number of methoxy groups -OCH3 is 1. The molecule has 0 aliphatic rings. The molecule has 0 unspecified atom stereocenters. The number of imidazole rings is 1. The molecular weight excluding hydrogens is 262 g/mol. The van der Waals surface area contributed by atoms with Gasteiger partial charge in [0.15, 0.2) is 0 Å². The van der Waals surface area contributed by atoms with E-state index in [0.717, 1.165) is 0 Å². The second kappa shape index (κ2) is 6.23. The van der Waals surface area contributed by atoms with Crippen LogP contribution in [-0.2, 0) is 21.3 Å². The van der Waals surface area contributed by atoms with Gasteiger partial charge in [-0.2, -0.15) is 0 Å². The van der Waals surface area contributed by atoms with Gasteiger partial charge in [0.05, 0.1) is 7.11 Å². The summed E-state index contributed by atoms with van der Waals surface area (Å²) in [5.74, 6) is -0.180. The molecule has 1 N–H and O–H groups in total. The molecule has 1 rings (SSSR count). The molecule has 0 saturated carbocycles. The monoisotopic (exact) mass is 281 g/mol. The second-order valence-corrected chi connectivity index (χ2v) is 5.07. The Balaban J connectivity index is 2.92. The Morgan fingerprint density at radius 1 is 1.40 bits per heavy atom. The number of carbonyl (C=O) groups excluding carboxylic acids is 2. The Bertz CT molecular complexity index is 526. The lowest BCUT2D eigenvalue weighted by Crippen LogP contribution is -2.34. The standard InChI is InChI=1S/C13H19N3O4/c1-13(2,3)20-12(18)15-9(11(17)19-5)8-10-14-6-7-16(10)4/h6-8H,1-5H3,(H,15,18). The minimum atomic E-state index is -0.733. The van der Waals surface area contributed by atoms with Gasteiger partial charge in [-0.15, -0.1) is 0 Å². The number of aromatic nitrogens is 2. The molecule has 1 aromatic rings. The zero-order valence-electron chi connectivity index (χ0n) is 12.3. The number of aryl methyl sites for hydroxylation is 1. The number of amides is 1. The molecule has 0 radical (unpaired) electrons. The zero-order chi connectivity index (χ0) is 15.3. The number of alkyl carbamates (subject to hydrolysis) is 1. The average molecular weight is 281 g/mol. The van der Waals surface area contributed by atoms with Crippen molar-refractivity contribution >= 4 is 18.1 Å². The van der Waals surface area contributed by atoms with Crippen LogP contribution in [0.15, 0.2) is 18.1 Å². The van der Waals surface area contributed by atoms with Crippen molar-refractivity contribution < 1.29 is 19.1 Å². The summed E-state index contributed by atoms with van der Waals surface area (Å²) in [5.41, 5.74) is -0.704. The van der Waals surface area contributed by atoms with Crippen molar-refractivity contribution in [2.24, 2.45) is 7.05 Å². The first-order chi connectivity index (χ1) is 9.23. The van der Waals surface area contributed by atoms with Gasteiger partial charge in [0.25, 0.3) is 0 Å². The molecule has 0 fully saturated rings. The van der Waals surface area contributed by atoms with Crippen LogP contribution in [0.1, 0.15) is 26.6 Å². The van der Waals surface area contributed by atoms with Crippen molar-refractivity contribution in [3.05, 3.63) is 23.9 Å². The lowest BCUT2D eigenvalue weighted by Gasteiger charge is -2.20. The maximum Gasteiger partial charge on any atom is 0.412 e. The van der Waals surface area contributed by atoms with Crippen LogP contribution in [0.3, 0.4) is 0 Å². The molecule has 0 aromatic carbocycles. The number of nitrogens with zero attached hydrogens (tertiary/aromatic N) is 2. The molecule has 0 saturated heterocycles. The summed E-state index contributed by atoms with van der Waals surface area (Å²) in [6, 6.07) is 0. The first-order valence-corrected chi connectivity index (χ1v) is 6.00. The Kier molecular flexibility index (Phi) is 4.90. The largest absolute Gasteiger partial charge is 0.464 e. The molecule has 1 aromatic heterocycles. The minimum Gasteiger partial charge on any atom is -0.464 e. The van der Waals surface area contributed by atoms with Crippen molar-refractivity contribution in [3.63, 3.8) is 0 Å². The molecule has 0 spiro atoms. The van der Waals surface area contributed by atoms with Crippen LogP contribution in [0.4, 0.5) is 4.79 Å². The molecule has 7 nitrogen and oxygen atoms in total. The SMILES string of the molecule is COC(=O)C(=Cc1nccn1C)NC(=O)OC(C)(C)C. The highest BCUT2D eigenvalue weighted by atomic mass is 16.6. The Morgan fingerprint density at radius 3 is 2.50 bits per heavy atom. The van der Waals surface area contributed by atoms with E-state index < -0.39 is 17.7 Å². The molecular formula is C13H19N3O4. The third-order valence-corrected chi connectivity index (χ3v) is 2.17. The smallest absolute Gasteiger partial charge is 0.412 e. The Hall–Kier alpha value is -2.31. The van der Waals surface area contributed by atoms with Crippen LogP contribution in [0.2, 0.25) is 0 Å². The van der Waals surface area contributed by atoms with Gasteiger partial charge < -0.3 is 14.0 Å². The first-order valence-electron chi connectivity index (χ1n) is 6.00. The number of esters is 1. The van der Waals surface area contributed by atoms with E-state index in [1.54, 1.807) is 44.8 Å². The van der Waals surface area contributed by atoms with Crippen molar-refractivity contribution in [1.82, 2.24) is 14.9 Å². The van der Waals surface area contributed by atoms with E-state index in [-0.39, 0.29) is 5.70 Å². The topological polar surface area (TPSA) is 82.5 Å². The number of rotatable bonds is 3. The zero-order valence-corrected chi connectivity index (χ0v) is 12.3. The normalized spacial score (nSPS) is 11.9. The fourth-order valence-corrected chi connectivity index (χ4v) is 1.31. The summed E-state index contributed by atoms with van der Waals surface area (Å²) >= 11 is 0. The van der Waals surface area contributed by atoms with Gasteiger partial charge in [-0.3, -0.25) is 5.32 Å². The van der Waals surface area contributed by atoms with Gasteiger partial charge in [0, 0.05) is 25.5 Å². The summed E-state index contributed by atoms with van der Waals surface area (Å²) in [7, 11) is 2.99. The van der Waals surface area contributed by atoms with E-state index in [4.69, 9.17) is 4.74 Å². The summed E-state index contributed by atoms with van der Waals surface area (Å²) in [6.45, 7) is 5.19. The van der Waals surface area contributed by atoms with Crippen LogP contribution < -0.4 is 5.32 Å². The fourth-order valence-electron chi connectivity index (χ4n) is 1.31. The number of nitrogens with one attached hydrogen (secondary N) is 1. The Morgan fingerprint density at radius 2 is 2.05 bits per heavy atom. The summed E-state index contributed by atoms with van der Waals surface area (Å²) < 4.78 is 11.4. The summed E-state index contributed by atoms with van der Waals surface area (Å²) in [4.78, 5) is 27.4.